The summed E-state index contributed by atoms with van der Waals surface area (Å²) in [6.45, 7) is 4.51. The van der Waals surface area contributed by atoms with Crippen LogP contribution in [0.1, 0.15) is 57.9 Å². The fraction of sp³-hybridized carbons (Fsp3) is 0.556. The first-order chi connectivity index (χ1) is 18.2. The van der Waals surface area contributed by atoms with E-state index >= 15 is 0 Å². The molecule has 3 amide bonds. The van der Waals surface area contributed by atoms with Crippen molar-refractivity contribution < 1.29 is 155 Å². The van der Waals surface area contributed by atoms with Gasteiger partial charge in [-0.25, -0.2) is 4.79 Å². The van der Waals surface area contributed by atoms with Gasteiger partial charge in [-0.2, -0.15) is 0 Å². The Kier molecular flexibility index (Phi) is 28.1. The molecule has 13 heteroatoms. The van der Waals surface area contributed by atoms with Gasteiger partial charge in [0.25, 0.3) is 0 Å². The fourth-order valence-corrected chi connectivity index (χ4v) is 3.19. The van der Waals surface area contributed by atoms with E-state index in [0.717, 1.165) is 25.5 Å². The van der Waals surface area contributed by atoms with Crippen LogP contribution in [0.4, 0.5) is 10.5 Å². The molecule has 0 saturated heterocycles. The number of aldehydes is 1. The van der Waals surface area contributed by atoms with Gasteiger partial charge in [-0.1, -0.05) is 37.6 Å². The molecule has 0 fully saturated rings. The molecule has 0 bridgehead atoms. The Labute approximate surface area is 334 Å². The first kappa shape index (κ1) is 42.1. The molecule has 1 unspecified atom stereocenters. The van der Waals surface area contributed by atoms with E-state index in [9.17, 15) is 28.8 Å². The molecular weight excluding hydrogens is 665 g/mol. The van der Waals surface area contributed by atoms with Crippen molar-refractivity contribution in [3.05, 3.63) is 40.5 Å². The number of ether oxygens (including phenoxy) is 2. The second kappa shape index (κ2) is 26.6. The third-order valence-electron chi connectivity index (χ3n) is 5.12. The number of ketones is 2. The van der Waals surface area contributed by atoms with Crippen LogP contribution in [0.2, 0.25) is 0 Å². The molecule has 40 heavy (non-hydrogen) atoms. The van der Waals surface area contributed by atoms with Crippen molar-refractivity contribution in [1.29, 1.82) is 0 Å². The number of unbranched alkanes of at least 4 members (excludes halogenated alkanes) is 1. The normalized spacial score (nSPS) is 10.7. The number of benzene rings is 1. The smallest absolute Gasteiger partial charge is 0.651 e. The van der Waals surface area contributed by atoms with Gasteiger partial charge in [0, 0.05) is 44.9 Å². The van der Waals surface area contributed by atoms with Crippen molar-refractivity contribution in [2.75, 3.05) is 32.9 Å². The molecule has 0 aromatic heterocycles. The summed E-state index contributed by atoms with van der Waals surface area (Å²) in [7, 11) is 0. The van der Waals surface area contributed by atoms with Gasteiger partial charge in [-0.05, 0) is 25.3 Å². The van der Waals surface area contributed by atoms with Gasteiger partial charge >= 0.3 is 122 Å². The summed E-state index contributed by atoms with van der Waals surface area (Å²) in [5.74, 6) is -1.58. The van der Waals surface area contributed by atoms with Gasteiger partial charge in [0.1, 0.15) is 17.9 Å². The molecule has 11 nitrogen and oxygen atoms in total. The molecule has 0 spiro atoms. The van der Waals surface area contributed by atoms with Crippen molar-refractivity contribution in [1.82, 2.24) is 5.32 Å². The number of nitrogens with one attached hydrogen (secondary N) is 1. The van der Waals surface area contributed by atoms with Gasteiger partial charge in [0.2, 0.25) is 0 Å². The molecule has 1 aromatic rings. The maximum absolute atomic E-state index is 12.0. The number of hydrogen-bond donors (Lipinski definition) is 1. The molecule has 1 atom stereocenters. The van der Waals surface area contributed by atoms with Crippen molar-refractivity contribution in [2.45, 2.75) is 58.8 Å². The Morgan fingerprint density at radius 1 is 0.925 bits per heavy atom. The Balaban J connectivity index is 0. The van der Waals surface area contributed by atoms with Crippen LogP contribution in [0.25, 0.3) is 10.6 Å². The van der Waals surface area contributed by atoms with Crippen LogP contribution in [0.3, 0.4) is 0 Å². The third-order valence-corrected chi connectivity index (χ3v) is 5.12. The summed E-state index contributed by atoms with van der Waals surface area (Å²) in [6, 6.07) is 6.42. The quantitative estimate of drug-likeness (QED) is 0.0906. The van der Waals surface area contributed by atoms with Crippen LogP contribution in [0.15, 0.2) is 24.3 Å². The van der Waals surface area contributed by atoms with Crippen LogP contribution in [0, 0.1) is 5.92 Å². The van der Waals surface area contributed by atoms with Crippen molar-refractivity contribution in [2.24, 2.45) is 5.92 Å². The van der Waals surface area contributed by atoms with Crippen molar-refractivity contribution in [3.8, 4) is 0 Å². The minimum atomic E-state index is -0.633. The molecule has 0 saturated carbocycles. The number of carbonyl (C=O) groups is 6. The molecule has 1 rings (SSSR count). The predicted molar refractivity (Wildman–Crippen MR) is 140 cm³/mol. The maximum atomic E-state index is 12.0. The molecule has 0 aliphatic heterocycles. The van der Waals surface area contributed by atoms with Crippen molar-refractivity contribution >= 4 is 41.4 Å². The molecular formula is C27H37N3O8Rb2. The zero-order valence-electron chi connectivity index (χ0n) is 24.1. The first-order valence-corrected chi connectivity index (χ1v) is 12.7. The summed E-state index contributed by atoms with van der Waals surface area (Å²) in [6.07, 6.45) is 2.89. The Hall–Kier alpha value is 0.0104. The summed E-state index contributed by atoms with van der Waals surface area (Å²) in [5.41, 5.74) is 1.06. The largest absolute Gasteiger partial charge is 1.00 e. The van der Waals surface area contributed by atoms with Crippen LogP contribution < -0.4 is 122 Å². The van der Waals surface area contributed by atoms with E-state index in [-0.39, 0.29) is 166 Å². The standard InChI is InChI=1S/C27H39N3O8.2Rb/c1-20(19-31)6-3-4-11-29-27(36)38-14-5-13-37-15-12-28-25(34)18-26(35)30-23-9-7-22(8-10-23)17-24(33)16-21(2)32;;/h7-10,19-20H,3-6,11-18H2,1-2H3,(H3,28,29,30,34,35,36);;/q;2*+1/p-2. The molecule has 0 aliphatic carbocycles. The van der Waals surface area contributed by atoms with E-state index in [1.807, 2.05) is 6.92 Å². The maximum Gasteiger partial charge on any atom is 1.00 e. The Bertz CT molecular complexity index is 929. The molecule has 0 aliphatic rings. The monoisotopic (exact) mass is 701 g/mol. The van der Waals surface area contributed by atoms with Gasteiger partial charge in [-0.3, -0.25) is 9.59 Å². The number of rotatable bonds is 20. The summed E-state index contributed by atoms with van der Waals surface area (Å²) in [5, 5.41) is 10.3. The summed E-state index contributed by atoms with van der Waals surface area (Å²) >= 11 is 0. The molecule has 210 valence electrons. The van der Waals surface area contributed by atoms with Gasteiger partial charge in [0.05, 0.1) is 24.8 Å². The number of alkyl carbamates (subject to hydrolysis) is 1. The molecule has 1 N–H and O–H groups in total. The number of Topliss-reactive ketones (excluding diaryl/α,β-unsaturated/α-hetero) is 2. The SMILES string of the molecule is CC(=O)CC(=O)Cc1ccc([N-]C(=O)CC(=O)[N-]CCOCCCOC(=O)NCCCCC(C)C=O)cc1.[Rb+].[Rb+]. The molecule has 0 radical (unpaired) electrons. The first-order valence-electron chi connectivity index (χ1n) is 12.7. The predicted octanol–water partition coefficient (Wildman–Crippen LogP) is -2.25. The molecule has 0 heterocycles. The molecule has 1 aromatic carbocycles. The number of carbonyl (C=O) groups excluding carboxylic acids is 6. The number of nitrogens with zero attached hydrogens (tertiary/aromatic N) is 2. The second-order valence-corrected chi connectivity index (χ2v) is 8.86. The minimum absolute atomic E-state index is 0. The van der Waals surface area contributed by atoms with E-state index in [2.05, 4.69) is 16.0 Å². The second-order valence-electron chi connectivity index (χ2n) is 8.86. The van der Waals surface area contributed by atoms with Crippen LogP contribution in [0.5, 0.6) is 0 Å². The average Bonchev–Trinajstić information content (AvgIpc) is 2.85. The number of amides is 3. The summed E-state index contributed by atoms with van der Waals surface area (Å²) in [4.78, 5) is 68.6. The summed E-state index contributed by atoms with van der Waals surface area (Å²) < 4.78 is 10.4. The zero-order chi connectivity index (χ0) is 28.2. The van der Waals surface area contributed by atoms with E-state index in [1.165, 1.54) is 6.92 Å². The van der Waals surface area contributed by atoms with Crippen LogP contribution in [-0.4, -0.2) is 68.7 Å². The fourth-order valence-electron chi connectivity index (χ4n) is 3.19. The van der Waals surface area contributed by atoms with Crippen molar-refractivity contribution in [3.63, 3.8) is 0 Å². The van der Waals surface area contributed by atoms with Gasteiger partial charge in [-0.15, -0.1) is 12.2 Å². The topological polar surface area (TPSA) is 161 Å². The minimum Gasteiger partial charge on any atom is -0.651 e. The van der Waals surface area contributed by atoms with Crippen LogP contribution in [-0.2, 0) is 39.9 Å². The number of hydrogen-bond acceptors (Lipinski definition) is 8. The third kappa shape index (κ3) is 23.6. The zero-order valence-corrected chi connectivity index (χ0v) is 33.9. The Morgan fingerprint density at radius 2 is 1.62 bits per heavy atom. The van der Waals surface area contributed by atoms with Gasteiger partial charge < -0.3 is 39.8 Å². The van der Waals surface area contributed by atoms with E-state index in [4.69, 9.17) is 9.47 Å². The average molecular weight is 703 g/mol. The van der Waals surface area contributed by atoms with Crippen LogP contribution >= 0.6 is 0 Å². The Morgan fingerprint density at radius 3 is 2.27 bits per heavy atom. The van der Waals surface area contributed by atoms with E-state index in [1.54, 1.807) is 24.3 Å². The van der Waals surface area contributed by atoms with E-state index < -0.39 is 24.3 Å². The van der Waals surface area contributed by atoms with E-state index in [0.29, 0.717) is 30.8 Å². The van der Waals surface area contributed by atoms with Gasteiger partial charge in [0.15, 0.2) is 0 Å².